The third-order valence-electron chi connectivity index (χ3n) is 4.27. The number of carbonyl (C=O) groups is 1. The van der Waals surface area contributed by atoms with Crippen molar-refractivity contribution >= 4 is 5.97 Å². The van der Waals surface area contributed by atoms with Gasteiger partial charge in [0.15, 0.2) is 0 Å². The van der Waals surface area contributed by atoms with Gasteiger partial charge in [-0.1, -0.05) is 42.5 Å². The van der Waals surface area contributed by atoms with Crippen LogP contribution in [0.3, 0.4) is 0 Å². The lowest BCUT2D eigenvalue weighted by Crippen LogP contribution is -2.20. The summed E-state index contributed by atoms with van der Waals surface area (Å²) in [6.45, 7) is 0.522. The first-order chi connectivity index (χ1) is 10.8. The Morgan fingerprint density at radius 2 is 1.68 bits per heavy atom. The van der Waals surface area contributed by atoms with E-state index >= 15 is 0 Å². The smallest absolute Gasteiger partial charge is 0.309 e. The van der Waals surface area contributed by atoms with E-state index in [0.717, 1.165) is 24.2 Å². The normalized spacial score (nSPS) is 20.7. The van der Waals surface area contributed by atoms with E-state index < -0.39 is 0 Å². The molecule has 2 aromatic rings. The average molecular weight is 296 g/mol. The Bertz CT molecular complexity index is 619. The molecule has 0 aliphatic carbocycles. The maximum Gasteiger partial charge on any atom is 0.309 e. The molecule has 1 aliphatic heterocycles. The highest BCUT2D eigenvalue weighted by Crippen LogP contribution is 2.29. The van der Waals surface area contributed by atoms with Crippen LogP contribution in [-0.4, -0.2) is 19.7 Å². The number of hydrogen-bond donors (Lipinski definition) is 0. The minimum atomic E-state index is -0.0725. The van der Waals surface area contributed by atoms with Gasteiger partial charge in [-0.3, -0.25) is 4.79 Å². The quantitative estimate of drug-likeness (QED) is 0.794. The molecule has 0 saturated carbocycles. The SMILES string of the molecule is COc1ccc(C[C@H]2C(=O)OC[C@@H]2Cc2ccccc2)cc1. The van der Waals surface area contributed by atoms with Gasteiger partial charge in [-0.15, -0.1) is 0 Å². The van der Waals surface area contributed by atoms with Gasteiger partial charge >= 0.3 is 5.97 Å². The van der Waals surface area contributed by atoms with Crippen LogP contribution in [-0.2, 0) is 22.4 Å². The lowest BCUT2D eigenvalue weighted by Gasteiger charge is -2.15. The number of carbonyl (C=O) groups excluding carboxylic acids is 1. The maximum atomic E-state index is 12.1. The zero-order valence-electron chi connectivity index (χ0n) is 12.7. The van der Waals surface area contributed by atoms with Gasteiger partial charge in [0.25, 0.3) is 0 Å². The minimum Gasteiger partial charge on any atom is -0.497 e. The second kappa shape index (κ2) is 6.65. The lowest BCUT2D eigenvalue weighted by atomic mass is 9.85. The van der Waals surface area contributed by atoms with Gasteiger partial charge in [0.05, 0.1) is 19.6 Å². The Labute approximate surface area is 130 Å². The molecule has 22 heavy (non-hydrogen) atoms. The number of rotatable bonds is 5. The summed E-state index contributed by atoms with van der Waals surface area (Å²) < 4.78 is 10.5. The zero-order valence-corrected chi connectivity index (χ0v) is 12.7. The summed E-state index contributed by atoms with van der Waals surface area (Å²) in [6.07, 6.45) is 1.60. The van der Waals surface area contributed by atoms with Crippen molar-refractivity contribution in [3.8, 4) is 5.75 Å². The number of hydrogen-bond acceptors (Lipinski definition) is 3. The molecule has 1 saturated heterocycles. The number of cyclic esters (lactones) is 1. The fourth-order valence-corrected chi connectivity index (χ4v) is 2.99. The van der Waals surface area contributed by atoms with Crippen LogP contribution in [0.4, 0.5) is 0 Å². The van der Waals surface area contributed by atoms with Crippen molar-refractivity contribution in [2.75, 3.05) is 13.7 Å². The first-order valence-corrected chi connectivity index (χ1v) is 7.60. The third-order valence-corrected chi connectivity index (χ3v) is 4.27. The van der Waals surface area contributed by atoms with E-state index in [4.69, 9.17) is 9.47 Å². The summed E-state index contributed by atoms with van der Waals surface area (Å²) in [5.41, 5.74) is 2.40. The Morgan fingerprint density at radius 1 is 1.00 bits per heavy atom. The summed E-state index contributed by atoms with van der Waals surface area (Å²) in [6, 6.07) is 18.2. The molecule has 0 spiro atoms. The minimum absolute atomic E-state index is 0.0615. The maximum absolute atomic E-state index is 12.1. The Kier molecular flexibility index (Phi) is 4.42. The van der Waals surface area contributed by atoms with Crippen molar-refractivity contribution in [1.82, 2.24) is 0 Å². The van der Waals surface area contributed by atoms with Crippen molar-refractivity contribution < 1.29 is 14.3 Å². The van der Waals surface area contributed by atoms with Crippen LogP contribution in [0.15, 0.2) is 54.6 Å². The number of ether oxygens (including phenoxy) is 2. The highest BCUT2D eigenvalue weighted by atomic mass is 16.5. The van der Waals surface area contributed by atoms with Gasteiger partial charge < -0.3 is 9.47 Å². The topological polar surface area (TPSA) is 35.5 Å². The van der Waals surface area contributed by atoms with E-state index in [1.54, 1.807) is 7.11 Å². The second-order valence-corrected chi connectivity index (χ2v) is 5.74. The van der Waals surface area contributed by atoms with Crippen molar-refractivity contribution in [3.63, 3.8) is 0 Å². The van der Waals surface area contributed by atoms with Gasteiger partial charge in [-0.05, 0) is 36.1 Å². The van der Waals surface area contributed by atoms with Crippen LogP contribution in [0.1, 0.15) is 11.1 Å². The second-order valence-electron chi connectivity index (χ2n) is 5.74. The molecule has 2 atom stereocenters. The van der Waals surface area contributed by atoms with Crippen LogP contribution in [0.5, 0.6) is 5.75 Å². The fraction of sp³-hybridized carbons (Fsp3) is 0.316. The van der Waals surface area contributed by atoms with Gasteiger partial charge in [-0.2, -0.15) is 0 Å². The molecule has 0 amide bonds. The third kappa shape index (κ3) is 3.30. The molecule has 3 rings (SSSR count). The first-order valence-electron chi connectivity index (χ1n) is 7.60. The highest BCUT2D eigenvalue weighted by Gasteiger charge is 2.36. The van der Waals surface area contributed by atoms with Crippen LogP contribution in [0.2, 0.25) is 0 Å². The predicted octanol–water partition coefficient (Wildman–Crippen LogP) is 3.27. The van der Waals surface area contributed by atoms with Crippen molar-refractivity contribution in [3.05, 3.63) is 65.7 Å². The Hall–Kier alpha value is -2.29. The molecule has 0 N–H and O–H groups in total. The largest absolute Gasteiger partial charge is 0.497 e. The van der Waals surface area contributed by atoms with Gasteiger partial charge in [0, 0.05) is 5.92 Å². The highest BCUT2D eigenvalue weighted by molar-refractivity contribution is 5.75. The van der Waals surface area contributed by atoms with E-state index in [9.17, 15) is 4.79 Å². The zero-order chi connectivity index (χ0) is 15.4. The number of esters is 1. The number of methoxy groups -OCH3 is 1. The standard InChI is InChI=1S/C19H20O3/c1-21-17-9-7-15(8-10-17)12-18-16(13-22-19(18)20)11-14-5-3-2-4-6-14/h2-10,16,18H,11-13H2,1H3/t16-,18+/m0/s1. The van der Waals surface area contributed by atoms with E-state index in [-0.39, 0.29) is 17.8 Å². The molecular formula is C19H20O3. The number of benzene rings is 2. The summed E-state index contributed by atoms with van der Waals surface area (Å²) in [5, 5.41) is 0. The van der Waals surface area contributed by atoms with Crippen LogP contribution in [0, 0.1) is 11.8 Å². The monoisotopic (exact) mass is 296 g/mol. The van der Waals surface area contributed by atoms with Crippen molar-refractivity contribution in [2.45, 2.75) is 12.8 Å². The molecule has 3 nitrogen and oxygen atoms in total. The molecule has 114 valence electrons. The molecule has 1 heterocycles. The molecule has 0 radical (unpaired) electrons. The van der Waals surface area contributed by atoms with Crippen LogP contribution < -0.4 is 4.74 Å². The fourth-order valence-electron chi connectivity index (χ4n) is 2.99. The lowest BCUT2D eigenvalue weighted by molar-refractivity contribution is -0.141. The first kappa shape index (κ1) is 14.6. The van der Waals surface area contributed by atoms with E-state index in [0.29, 0.717) is 6.61 Å². The molecule has 2 aromatic carbocycles. The predicted molar refractivity (Wildman–Crippen MR) is 84.8 cm³/mol. The summed E-state index contributed by atoms with van der Waals surface area (Å²) >= 11 is 0. The molecule has 1 aliphatic rings. The van der Waals surface area contributed by atoms with Gasteiger partial charge in [0.1, 0.15) is 5.75 Å². The van der Waals surface area contributed by atoms with Crippen molar-refractivity contribution in [2.24, 2.45) is 11.8 Å². The van der Waals surface area contributed by atoms with Gasteiger partial charge in [-0.25, -0.2) is 0 Å². The molecule has 3 heteroatoms. The van der Waals surface area contributed by atoms with E-state index in [2.05, 4.69) is 12.1 Å². The van der Waals surface area contributed by atoms with Gasteiger partial charge in [0.2, 0.25) is 0 Å². The molecule has 0 unspecified atom stereocenters. The van der Waals surface area contributed by atoms with Crippen LogP contribution in [0.25, 0.3) is 0 Å². The molecular weight excluding hydrogens is 276 g/mol. The molecule has 1 fully saturated rings. The average Bonchev–Trinajstić information content (AvgIpc) is 2.90. The van der Waals surface area contributed by atoms with Crippen molar-refractivity contribution in [1.29, 1.82) is 0 Å². The summed E-state index contributed by atoms with van der Waals surface area (Å²) in [4.78, 5) is 12.1. The molecule has 0 aromatic heterocycles. The van der Waals surface area contributed by atoms with E-state index in [1.807, 2.05) is 42.5 Å². The summed E-state index contributed by atoms with van der Waals surface area (Å²) in [5.74, 6) is 0.945. The van der Waals surface area contributed by atoms with Crippen LogP contribution >= 0.6 is 0 Å². The summed E-state index contributed by atoms with van der Waals surface area (Å²) in [7, 11) is 1.65. The Morgan fingerprint density at radius 3 is 2.36 bits per heavy atom. The van der Waals surface area contributed by atoms with E-state index in [1.165, 1.54) is 5.56 Å². The molecule has 0 bridgehead atoms. The Balaban J connectivity index is 1.70.